The Kier molecular flexibility index (Phi) is 2.91. The third kappa shape index (κ3) is 2.18. The van der Waals surface area contributed by atoms with Crippen molar-refractivity contribution in [3.8, 4) is 11.1 Å². The minimum Gasteiger partial charge on any atom is -0.545 e. The summed E-state index contributed by atoms with van der Waals surface area (Å²) < 4.78 is 13.2. The van der Waals surface area contributed by atoms with Crippen LogP contribution in [0.25, 0.3) is 11.1 Å². The molecule has 0 N–H and O–H groups in total. The van der Waals surface area contributed by atoms with E-state index < -0.39 is 17.3 Å². The topological polar surface area (TPSA) is 40.1 Å². The fraction of sp³-hybridized carbons (Fsp3) is 0.0714. The molecule has 0 aromatic heterocycles. The zero-order valence-corrected chi connectivity index (χ0v) is 9.24. The van der Waals surface area contributed by atoms with Gasteiger partial charge >= 0.3 is 0 Å². The molecule has 2 rings (SSSR count). The number of rotatable bonds is 2. The smallest absolute Gasteiger partial charge is 0.132 e. The monoisotopic (exact) mass is 229 g/mol. The number of carboxylic acid groups (broad SMARTS) is 1. The molecule has 3 heteroatoms. The largest absolute Gasteiger partial charge is 0.545 e. The molecule has 2 aromatic rings. The van der Waals surface area contributed by atoms with E-state index in [0.29, 0.717) is 5.56 Å². The van der Waals surface area contributed by atoms with E-state index in [0.717, 1.165) is 17.2 Å². The lowest BCUT2D eigenvalue weighted by atomic mass is 9.99. The van der Waals surface area contributed by atoms with E-state index in [2.05, 4.69) is 0 Å². The van der Waals surface area contributed by atoms with Gasteiger partial charge in [-0.3, -0.25) is 0 Å². The van der Waals surface area contributed by atoms with Gasteiger partial charge < -0.3 is 9.90 Å². The average Bonchev–Trinajstić information content (AvgIpc) is 2.30. The molecule has 0 aliphatic heterocycles. The first kappa shape index (κ1) is 11.3. The fourth-order valence-electron chi connectivity index (χ4n) is 1.75. The number of hydrogen-bond donors (Lipinski definition) is 0. The zero-order chi connectivity index (χ0) is 12.4. The Labute approximate surface area is 98.3 Å². The molecule has 0 radical (unpaired) electrons. The number of carbonyl (C=O) groups excluding carboxylic acids is 1. The van der Waals surface area contributed by atoms with Gasteiger partial charge in [-0.05, 0) is 35.7 Å². The quantitative estimate of drug-likeness (QED) is 0.791. The Hall–Kier alpha value is -2.16. The van der Waals surface area contributed by atoms with E-state index >= 15 is 0 Å². The molecule has 0 unspecified atom stereocenters. The molecule has 0 bridgehead atoms. The summed E-state index contributed by atoms with van der Waals surface area (Å²) >= 11 is 0. The lowest BCUT2D eigenvalue weighted by Crippen LogP contribution is -2.23. The Morgan fingerprint density at radius 3 is 2.53 bits per heavy atom. The van der Waals surface area contributed by atoms with E-state index in [1.807, 2.05) is 31.2 Å². The molecule has 0 spiro atoms. The van der Waals surface area contributed by atoms with Crippen LogP contribution in [0.2, 0.25) is 0 Å². The van der Waals surface area contributed by atoms with Crippen LogP contribution in [-0.2, 0) is 0 Å². The minimum absolute atomic E-state index is 0.411. The van der Waals surface area contributed by atoms with Crippen molar-refractivity contribution >= 4 is 5.97 Å². The molecule has 0 saturated heterocycles. The molecule has 0 fully saturated rings. The molecule has 0 amide bonds. The summed E-state index contributed by atoms with van der Waals surface area (Å²) in [6, 6.07) is 11.5. The molecule has 0 saturated carbocycles. The van der Waals surface area contributed by atoms with Gasteiger partial charge in [0.05, 0.1) is 5.97 Å². The Balaban J connectivity index is 2.58. The molecule has 0 aliphatic rings. The first-order chi connectivity index (χ1) is 8.09. The lowest BCUT2D eigenvalue weighted by Gasteiger charge is -2.09. The summed E-state index contributed by atoms with van der Waals surface area (Å²) in [5.41, 5.74) is 2.15. The van der Waals surface area contributed by atoms with Crippen LogP contribution in [0, 0.1) is 12.7 Å². The van der Waals surface area contributed by atoms with Crippen LogP contribution in [0.3, 0.4) is 0 Å². The van der Waals surface area contributed by atoms with Crippen molar-refractivity contribution in [2.45, 2.75) is 6.92 Å². The second kappa shape index (κ2) is 4.37. The number of aromatic carboxylic acids is 1. The average molecular weight is 229 g/mol. The molecular weight excluding hydrogens is 219 g/mol. The van der Waals surface area contributed by atoms with Crippen LogP contribution < -0.4 is 5.11 Å². The summed E-state index contributed by atoms with van der Waals surface area (Å²) in [6.45, 7) is 1.91. The molecular formula is C14H10FO2-. The van der Waals surface area contributed by atoms with E-state index in [-0.39, 0.29) is 0 Å². The second-order valence-corrected chi connectivity index (χ2v) is 3.80. The number of carboxylic acids is 1. The van der Waals surface area contributed by atoms with Gasteiger partial charge in [0.15, 0.2) is 0 Å². The maximum absolute atomic E-state index is 13.2. The zero-order valence-electron chi connectivity index (χ0n) is 9.24. The van der Waals surface area contributed by atoms with Crippen molar-refractivity contribution in [1.82, 2.24) is 0 Å². The first-order valence-electron chi connectivity index (χ1n) is 5.16. The number of aryl methyl sites for hydroxylation is 1. The summed E-state index contributed by atoms with van der Waals surface area (Å²) in [5, 5.41) is 10.7. The number of benzene rings is 2. The molecule has 0 atom stereocenters. The fourth-order valence-corrected chi connectivity index (χ4v) is 1.75. The molecule has 0 aliphatic carbocycles. The highest BCUT2D eigenvalue weighted by Crippen LogP contribution is 2.24. The van der Waals surface area contributed by atoms with Gasteiger partial charge in [0, 0.05) is 5.56 Å². The van der Waals surface area contributed by atoms with Crippen molar-refractivity contribution in [3.05, 3.63) is 59.4 Å². The highest BCUT2D eigenvalue weighted by Gasteiger charge is 2.07. The van der Waals surface area contributed by atoms with Crippen LogP contribution in [0.5, 0.6) is 0 Å². The minimum atomic E-state index is -1.50. The van der Waals surface area contributed by atoms with Gasteiger partial charge in [-0.15, -0.1) is 0 Å². The van der Waals surface area contributed by atoms with Crippen molar-refractivity contribution < 1.29 is 14.3 Å². The molecule has 17 heavy (non-hydrogen) atoms. The van der Waals surface area contributed by atoms with Crippen LogP contribution in [0.1, 0.15) is 15.9 Å². The van der Waals surface area contributed by atoms with Gasteiger partial charge in [-0.2, -0.15) is 0 Å². The summed E-state index contributed by atoms with van der Waals surface area (Å²) in [5.74, 6) is -2.28. The van der Waals surface area contributed by atoms with Crippen molar-refractivity contribution in [1.29, 1.82) is 0 Å². The van der Waals surface area contributed by atoms with E-state index in [1.54, 1.807) is 6.07 Å². The van der Waals surface area contributed by atoms with Gasteiger partial charge in [0.1, 0.15) is 5.82 Å². The predicted molar refractivity (Wildman–Crippen MR) is 60.9 cm³/mol. The third-order valence-electron chi connectivity index (χ3n) is 2.64. The van der Waals surface area contributed by atoms with E-state index in [4.69, 9.17) is 0 Å². The molecule has 2 nitrogen and oxygen atoms in total. The van der Waals surface area contributed by atoms with Gasteiger partial charge in [0.2, 0.25) is 0 Å². The van der Waals surface area contributed by atoms with E-state index in [9.17, 15) is 14.3 Å². The van der Waals surface area contributed by atoms with Gasteiger partial charge in [-0.25, -0.2) is 4.39 Å². The van der Waals surface area contributed by atoms with Crippen LogP contribution >= 0.6 is 0 Å². The van der Waals surface area contributed by atoms with Gasteiger partial charge in [0.25, 0.3) is 0 Å². The van der Waals surface area contributed by atoms with E-state index in [1.165, 1.54) is 6.07 Å². The molecule has 86 valence electrons. The van der Waals surface area contributed by atoms with Crippen LogP contribution in [0.15, 0.2) is 42.5 Å². The standard InChI is InChI=1S/C14H11FO2/c1-9-4-2-3-5-11(9)10-6-7-13(15)12(8-10)14(16)17/h2-8H,1H3,(H,16,17)/p-1. The van der Waals surface area contributed by atoms with Gasteiger partial charge in [-0.1, -0.05) is 30.3 Å². The van der Waals surface area contributed by atoms with Crippen molar-refractivity contribution in [2.24, 2.45) is 0 Å². The van der Waals surface area contributed by atoms with Crippen molar-refractivity contribution in [3.63, 3.8) is 0 Å². The highest BCUT2D eigenvalue weighted by molar-refractivity contribution is 5.88. The lowest BCUT2D eigenvalue weighted by molar-refractivity contribution is -0.255. The maximum Gasteiger partial charge on any atom is 0.132 e. The Bertz CT molecular complexity index is 576. The number of hydrogen-bond acceptors (Lipinski definition) is 2. The summed E-state index contributed by atoms with van der Waals surface area (Å²) in [4.78, 5) is 10.7. The first-order valence-corrected chi connectivity index (χ1v) is 5.16. The van der Waals surface area contributed by atoms with Crippen LogP contribution in [0.4, 0.5) is 4.39 Å². The molecule has 2 aromatic carbocycles. The number of carbonyl (C=O) groups is 1. The third-order valence-corrected chi connectivity index (χ3v) is 2.64. The second-order valence-electron chi connectivity index (χ2n) is 3.80. The SMILES string of the molecule is Cc1ccccc1-c1ccc(F)c(C(=O)[O-])c1. The predicted octanol–water partition coefficient (Wildman–Crippen LogP) is 2.16. The summed E-state index contributed by atoms with van der Waals surface area (Å²) in [7, 11) is 0. The normalized spacial score (nSPS) is 10.2. The van der Waals surface area contributed by atoms with Crippen LogP contribution in [-0.4, -0.2) is 5.97 Å². The maximum atomic E-state index is 13.2. The van der Waals surface area contributed by atoms with Crippen molar-refractivity contribution in [2.75, 3.05) is 0 Å². The summed E-state index contributed by atoms with van der Waals surface area (Å²) in [6.07, 6.45) is 0. The Morgan fingerprint density at radius 1 is 1.18 bits per heavy atom. The Morgan fingerprint density at radius 2 is 1.88 bits per heavy atom. The number of halogens is 1. The highest BCUT2D eigenvalue weighted by atomic mass is 19.1. The molecule has 0 heterocycles.